The van der Waals surface area contributed by atoms with E-state index in [1.807, 2.05) is 4.90 Å². The van der Waals surface area contributed by atoms with Gasteiger partial charge in [-0.1, -0.05) is 6.92 Å². The van der Waals surface area contributed by atoms with Crippen molar-refractivity contribution in [2.75, 3.05) is 38.5 Å². The van der Waals surface area contributed by atoms with Crippen LogP contribution in [-0.2, 0) is 4.79 Å². The van der Waals surface area contributed by atoms with Gasteiger partial charge >= 0.3 is 0 Å². The maximum absolute atomic E-state index is 11.8. The lowest BCUT2D eigenvalue weighted by Crippen LogP contribution is -2.34. The summed E-state index contributed by atoms with van der Waals surface area (Å²) in [5, 5.41) is 0. The number of likely N-dealkylation sites (tertiary alicyclic amines) is 2. The highest BCUT2D eigenvalue weighted by Gasteiger charge is 2.27. The molecule has 0 aromatic heterocycles. The maximum Gasteiger partial charge on any atom is 0.222 e. The Kier molecular flexibility index (Phi) is 6.02. The van der Waals surface area contributed by atoms with Crippen molar-refractivity contribution < 1.29 is 4.79 Å². The first-order chi connectivity index (χ1) is 9.19. The van der Waals surface area contributed by atoms with Crippen LogP contribution in [0.5, 0.6) is 0 Å². The lowest BCUT2D eigenvalue weighted by Gasteiger charge is -2.30. The van der Waals surface area contributed by atoms with Crippen molar-refractivity contribution in [2.45, 2.75) is 39.0 Å². The Balaban J connectivity index is 1.56. The Morgan fingerprint density at radius 1 is 1.21 bits per heavy atom. The van der Waals surface area contributed by atoms with Gasteiger partial charge in [0.05, 0.1) is 0 Å². The Hall–Kier alpha value is -0.220. The molecule has 2 fully saturated rings. The molecule has 2 rings (SSSR count). The first kappa shape index (κ1) is 15.2. The number of amides is 1. The van der Waals surface area contributed by atoms with Crippen molar-refractivity contribution in [3.05, 3.63) is 0 Å². The molecule has 0 aromatic carbocycles. The second-order valence-electron chi connectivity index (χ2n) is 6.32. The molecular weight excluding hydrogens is 256 g/mol. The van der Waals surface area contributed by atoms with Crippen molar-refractivity contribution in [3.8, 4) is 0 Å². The van der Waals surface area contributed by atoms with Gasteiger partial charge in [0.25, 0.3) is 0 Å². The number of unbranched alkanes of at least 4 members (excludes halogenated alkanes) is 1. The summed E-state index contributed by atoms with van der Waals surface area (Å²) in [5.41, 5.74) is 0. The van der Waals surface area contributed by atoms with Crippen molar-refractivity contribution in [3.63, 3.8) is 0 Å². The van der Waals surface area contributed by atoms with Gasteiger partial charge in [-0.2, -0.15) is 12.6 Å². The van der Waals surface area contributed by atoms with Crippen LogP contribution in [0.25, 0.3) is 0 Å². The van der Waals surface area contributed by atoms with Crippen LogP contribution < -0.4 is 0 Å². The molecule has 2 aliphatic rings. The fraction of sp³-hybridized carbons (Fsp3) is 0.933. The van der Waals surface area contributed by atoms with Crippen LogP contribution in [0.2, 0.25) is 0 Å². The third kappa shape index (κ3) is 4.67. The van der Waals surface area contributed by atoms with Crippen LogP contribution in [0.15, 0.2) is 0 Å². The summed E-state index contributed by atoms with van der Waals surface area (Å²) in [5.74, 6) is 2.58. The lowest BCUT2D eigenvalue weighted by atomic mass is 9.99. The summed E-state index contributed by atoms with van der Waals surface area (Å²) < 4.78 is 0. The normalized spacial score (nSPS) is 26.3. The molecule has 110 valence electrons. The van der Waals surface area contributed by atoms with E-state index in [2.05, 4.69) is 24.5 Å². The van der Waals surface area contributed by atoms with Crippen molar-refractivity contribution in [1.29, 1.82) is 0 Å². The van der Waals surface area contributed by atoms with E-state index >= 15 is 0 Å². The molecule has 2 aliphatic heterocycles. The first-order valence-electron chi connectivity index (χ1n) is 7.80. The van der Waals surface area contributed by atoms with Gasteiger partial charge in [0, 0.05) is 19.5 Å². The average molecular weight is 284 g/mol. The molecule has 0 bridgehead atoms. The van der Waals surface area contributed by atoms with Gasteiger partial charge in [-0.3, -0.25) is 4.79 Å². The molecule has 1 atom stereocenters. The number of nitrogens with zero attached hydrogens (tertiary/aromatic N) is 2. The van der Waals surface area contributed by atoms with Crippen LogP contribution in [0, 0.1) is 11.8 Å². The molecule has 0 saturated carbocycles. The number of hydrogen-bond donors (Lipinski definition) is 1. The Labute approximate surface area is 123 Å². The fourth-order valence-corrected chi connectivity index (χ4v) is 3.36. The number of piperidine rings is 1. The van der Waals surface area contributed by atoms with E-state index in [4.69, 9.17) is 0 Å². The highest BCUT2D eigenvalue weighted by atomic mass is 32.1. The van der Waals surface area contributed by atoms with Crippen LogP contribution in [0.4, 0.5) is 0 Å². The second-order valence-corrected chi connectivity index (χ2v) is 6.69. The average Bonchev–Trinajstić information content (AvgIpc) is 2.77. The molecule has 3 nitrogen and oxygen atoms in total. The summed E-state index contributed by atoms with van der Waals surface area (Å²) in [6.07, 6.45) is 5.80. The van der Waals surface area contributed by atoms with Crippen molar-refractivity contribution in [1.82, 2.24) is 9.80 Å². The Morgan fingerprint density at radius 2 is 1.89 bits per heavy atom. The predicted molar refractivity (Wildman–Crippen MR) is 82.6 cm³/mol. The fourth-order valence-electron chi connectivity index (χ4n) is 3.12. The van der Waals surface area contributed by atoms with Gasteiger partial charge in [0.1, 0.15) is 0 Å². The molecule has 1 amide bonds. The number of thiol groups is 1. The SMILES string of the molecule is CC1CCN(CCCCN2CC(CS)CC2=O)CC1. The quantitative estimate of drug-likeness (QED) is 0.597. The number of rotatable bonds is 6. The molecule has 2 heterocycles. The largest absolute Gasteiger partial charge is 0.342 e. The topological polar surface area (TPSA) is 23.6 Å². The summed E-state index contributed by atoms with van der Waals surface area (Å²) >= 11 is 4.30. The van der Waals surface area contributed by atoms with Crippen molar-refractivity contribution >= 4 is 18.5 Å². The second kappa shape index (κ2) is 7.53. The molecule has 0 aliphatic carbocycles. The van der Waals surface area contributed by atoms with E-state index in [-0.39, 0.29) is 0 Å². The van der Waals surface area contributed by atoms with Crippen LogP contribution in [-0.4, -0.2) is 54.2 Å². The summed E-state index contributed by atoms with van der Waals surface area (Å²) in [7, 11) is 0. The standard InChI is InChI=1S/C15H28N2OS/c1-13-4-8-16(9-5-13)6-2-3-7-17-11-14(12-19)10-15(17)18/h13-14,19H,2-12H2,1H3. The van der Waals surface area contributed by atoms with Gasteiger partial charge in [-0.15, -0.1) is 0 Å². The Bertz CT molecular complexity index is 290. The number of carbonyl (C=O) groups excluding carboxylic acids is 1. The molecule has 19 heavy (non-hydrogen) atoms. The summed E-state index contributed by atoms with van der Waals surface area (Å²) in [6, 6.07) is 0. The first-order valence-corrected chi connectivity index (χ1v) is 8.43. The van der Waals surface area contributed by atoms with E-state index in [0.717, 1.165) is 31.2 Å². The van der Waals surface area contributed by atoms with E-state index in [9.17, 15) is 4.79 Å². The minimum Gasteiger partial charge on any atom is -0.342 e. The van der Waals surface area contributed by atoms with Crippen LogP contribution >= 0.6 is 12.6 Å². The van der Waals surface area contributed by atoms with Gasteiger partial charge in [-0.05, 0) is 62.9 Å². The molecule has 2 saturated heterocycles. The predicted octanol–water partition coefficient (Wildman–Crippen LogP) is 2.28. The zero-order valence-electron chi connectivity index (χ0n) is 12.2. The van der Waals surface area contributed by atoms with E-state index in [0.29, 0.717) is 18.2 Å². The summed E-state index contributed by atoms with van der Waals surface area (Å²) in [4.78, 5) is 16.4. The zero-order chi connectivity index (χ0) is 13.7. The molecular formula is C15H28N2OS. The molecule has 0 aromatic rings. The van der Waals surface area contributed by atoms with Crippen LogP contribution in [0.1, 0.15) is 39.0 Å². The third-order valence-corrected chi connectivity index (χ3v) is 5.10. The van der Waals surface area contributed by atoms with Gasteiger partial charge in [-0.25, -0.2) is 0 Å². The third-order valence-electron chi connectivity index (χ3n) is 4.58. The molecule has 1 unspecified atom stereocenters. The van der Waals surface area contributed by atoms with Gasteiger partial charge in [0.15, 0.2) is 0 Å². The van der Waals surface area contributed by atoms with Gasteiger partial charge < -0.3 is 9.80 Å². The maximum atomic E-state index is 11.8. The Morgan fingerprint density at radius 3 is 2.53 bits per heavy atom. The van der Waals surface area contributed by atoms with Crippen LogP contribution in [0.3, 0.4) is 0 Å². The highest BCUT2D eigenvalue weighted by molar-refractivity contribution is 7.80. The summed E-state index contributed by atoms with van der Waals surface area (Å²) in [6.45, 7) is 7.99. The van der Waals surface area contributed by atoms with Crippen molar-refractivity contribution in [2.24, 2.45) is 11.8 Å². The van der Waals surface area contributed by atoms with Gasteiger partial charge in [0.2, 0.25) is 5.91 Å². The zero-order valence-corrected chi connectivity index (χ0v) is 13.1. The van der Waals surface area contributed by atoms with E-state index in [1.165, 1.54) is 38.9 Å². The molecule has 0 radical (unpaired) electrons. The number of hydrogen-bond acceptors (Lipinski definition) is 3. The highest BCUT2D eigenvalue weighted by Crippen LogP contribution is 2.19. The van der Waals surface area contributed by atoms with E-state index in [1.54, 1.807) is 0 Å². The minimum atomic E-state index is 0.339. The smallest absolute Gasteiger partial charge is 0.222 e. The minimum absolute atomic E-state index is 0.339. The monoisotopic (exact) mass is 284 g/mol. The number of carbonyl (C=O) groups is 1. The molecule has 0 N–H and O–H groups in total. The lowest BCUT2D eigenvalue weighted by molar-refractivity contribution is -0.127. The molecule has 4 heteroatoms. The van der Waals surface area contributed by atoms with E-state index < -0.39 is 0 Å². The molecule has 0 spiro atoms.